The Morgan fingerprint density at radius 3 is 1.69 bits per heavy atom. The molecule has 0 aliphatic heterocycles. The molecule has 0 saturated heterocycles. The zero-order valence-corrected chi connectivity index (χ0v) is 29.4. The lowest BCUT2D eigenvalue weighted by molar-refractivity contribution is -0.155. The Kier molecular flexibility index (Phi) is 12.8. The van der Waals surface area contributed by atoms with Gasteiger partial charge in [-0.05, 0) is 83.3 Å². The van der Waals surface area contributed by atoms with Gasteiger partial charge in [0, 0.05) is 4.91 Å². The van der Waals surface area contributed by atoms with Gasteiger partial charge in [-0.25, -0.2) is 4.79 Å². The molecule has 0 rings (SSSR count). The van der Waals surface area contributed by atoms with E-state index < -0.39 is 58.0 Å². The Balaban J connectivity index is 6.90. The van der Waals surface area contributed by atoms with Crippen LogP contribution in [0.25, 0.3) is 10.4 Å². The highest BCUT2D eigenvalue weighted by Crippen LogP contribution is 2.41. The average Bonchev–Trinajstić information content (AvgIpc) is 2.68. The maximum absolute atomic E-state index is 13.0. The average molecular weight is 589 g/mol. The van der Waals surface area contributed by atoms with Crippen LogP contribution in [-0.2, 0) is 23.1 Å². The Hall–Kier alpha value is -1.60. The van der Waals surface area contributed by atoms with Crippen molar-refractivity contribution in [2.75, 3.05) is 13.2 Å². The lowest BCUT2D eigenvalue weighted by Gasteiger charge is -2.46. The van der Waals surface area contributed by atoms with Gasteiger partial charge < -0.3 is 23.6 Å². The predicted octanol–water partition coefficient (Wildman–Crippen LogP) is 7.56. The smallest absolute Gasteiger partial charge is 0.408 e. The molecular formula is C27H56N4O6Si2. The van der Waals surface area contributed by atoms with Crippen molar-refractivity contribution in [1.82, 2.24) is 5.32 Å². The Morgan fingerprint density at radius 2 is 1.31 bits per heavy atom. The van der Waals surface area contributed by atoms with Gasteiger partial charge >= 0.3 is 12.1 Å². The van der Waals surface area contributed by atoms with E-state index >= 15 is 0 Å². The molecule has 12 heteroatoms. The van der Waals surface area contributed by atoms with E-state index in [-0.39, 0.29) is 23.2 Å². The van der Waals surface area contributed by atoms with Gasteiger partial charge in [0.2, 0.25) is 0 Å². The Bertz CT molecular complexity index is 877. The second-order valence-corrected chi connectivity index (χ2v) is 24.8. The van der Waals surface area contributed by atoms with Crippen molar-refractivity contribution in [3.63, 3.8) is 0 Å². The SMILES string of the molecule is CC(C)(C)OC(=O)N[C@H](COC(=O)C(C)(C)C)[C@H](O[Si](C)(C)C(C)(C)C)[C@@H](CN=[N+]=[N-])O[Si](C)(C)C(C)(C)C. The molecule has 0 bridgehead atoms. The summed E-state index contributed by atoms with van der Waals surface area (Å²) in [6.07, 6.45) is -2.16. The quantitative estimate of drug-likeness (QED) is 0.0870. The monoisotopic (exact) mass is 588 g/mol. The molecule has 0 unspecified atom stereocenters. The van der Waals surface area contributed by atoms with Crippen molar-refractivity contribution in [1.29, 1.82) is 0 Å². The molecule has 0 aliphatic rings. The number of esters is 1. The molecule has 1 amide bonds. The second kappa shape index (κ2) is 13.4. The predicted molar refractivity (Wildman–Crippen MR) is 162 cm³/mol. The fourth-order valence-corrected chi connectivity index (χ4v) is 5.54. The van der Waals surface area contributed by atoms with E-state index in [2.05, 4.69) is 83.1 Å². The molecule has 39 heavy (non-hydrogen) atoms. The molecule has 0 radical (unpaired) electrons. The maximum Gasteiger partial charge on any atom is 0.408 e. The number of rotatable bonds is 11. The number of nitrogens with one attached hydrogen (secondary N) is 1. The lowest BCUT2D eigenvalue weighted by Crippen LogP contribution is -2.61. The highest BCUT2D eigenvalue weighted by Gasteiger charge is 2.47. The number of carbonyl (C=O) groups is 2. The summed E-state index contributed by atoms with van der Waals surface area (Å²) in [5.74, 6) is -0.415. The molecule has 3 atom stereocenters. The van der Waals surface area contributed by atoms with Gasteiger partial charge in [0.15, 0.2) is 16.6 Å². The topological polar surface area (TPSA) is 132 Å². The van der Waals surface area contributed by atoms with Crippen molar-refractivity contribution < 1.29 is 27.9 Å². The first-order valence-electron chi connectivity index (χ1n) is 13.7. The van der Waals surface area contributed by atoms with Gasteiger partial charge in [-0.1, -0.05) is 46.7 Å². The van der Waals surface area contributed by atoms with Crippen LogP contribution >= 0.6 is 0 Å². The van der Waals surface area contributed by atoms with Crippen molar-refractivity contribution in [3.8, 4) is 0 Å². The Labute approximate surface area is 239 Å². The number of nitrogens with zero attached hydrogens (tertiary/aromatic N) is 3. The lowest BCUT2D eigenvalue weighted by atomic mass is 9.97. The molecule has 10 nitrogen and oxygen atoms in total. The summed E-state index contributed by atoms with van der Waals surface area (Å²) < 4.78 is 25.0. The largest absolute Gasteiger partial charge is 0.463 e. The van der Waals surface area contributed by atoms with Crippen LogP contribution in [-0.4, -0.2) is 65.7 Å². The van der Waals surface area contributed by atoms with Gasteiger partial charge in [0.1, 0.15) is 12.2 Å². The number of amides is 1. The summed E-state index contributed by atoms with van der Waals surface area (Å²) >= 11 is 0. The van der Waals surface area contributed by atoms with Gasteiger partial charge in [0.25, 0.3) is 0 Å². The van der Waals surface area contributed by atoms with Crippen LogP contribution < -0.4 is 5.32 Å². The molecule has 228 valence electrons. The number of hydrogen-bond acceptors (Lipinski definition) is 7. The van der Waals surface area contributed by atoms with Crippen molar-refractivity contribution in [2.45, 2.75) is 143 Å². The van der Waals surface area contributed by atoms with Crippen LogP contribution in [0.2, 0.25) is 36.3 Å². The van der Waals surface area contributed by atoms with E-state index in [1.807, 2.05) is 0 Å². The maximum atomic E-state index is 13.0. The zero-order valence-electron chi connectivity index (χ0n) is 27.4. The first-order chi connectivity index (χ1) is 17.1. The van der Waals surface area contributed by atoms with Crippen molar-refractivity contribution >= 4 is 28.7 Å². The van der Waals surface area contributed by atoms with Gasteiger partial charge in [-0.15, -0.1) is 0 Å². The zero-order chi connectivity index (χ0) is 31.3. The molecule has 0 aromatic heterocycles. The van der Waals surface area contributed by atoms with E-state index in [9.17, 15) is 15.1 Å². The minimum atomic E-state index is -2.48. The standard InChI is InChI=1S/C27H56N4O6Si2/c1-24(2,3)22(32)34-18-19(30-23(33)35-25(4,5)6)21(37-39(15,16)27(10,11)12)20(17-29-31-28)36-38(13,14)26(7,8)9/h19-21H,17-18H2,1-16H3,(H,30,33)/t19-,20-,21+/m1/s1. The van der Waals surface area contributed by atoms with Crippen molar-refractivity contribution in [2.24, 2.45) is 10.5 Å². The molecule has 0 saturated carbocycles. The number of carbonyl (C=O) groups excluding carboxylic acids is 2. The minimum Gasteiger partial charge on any atom is -0.463 e. The molecule has 0 spiro atoms. The van der Waals surface area contributed by atoms with Gasteiger partial charge in [0.05, 0.1) is 30.2 Å². The van der Waals surface area contributed by atoms with E-state index in [0.29, 0.717) is 0 Å². The van der Waals surface area contributed by atoms with Crippen LogP contribution in [0.1, 0.15) is 83.1 Å². The molecule has 1 N–H and O–H groups in total. The minimum absolute atomic E-state index is 0.0119. The summed E-state index contributed by atoms with van der Waals surface area (Å²) in [5, 5.41) is 6.44. The number of ether oxygens (including phenoxy) is 2. The molecular weight excluding hydrogens is 532 g/mol. The van der Waals surface area contributed by atoms with E-state index in [1.165, 1.54) is 0 Å². The highest BCUT2D eigenvalue weighted by atomic mass is 28.4. The van der Waals surface area contributed by atoms with Crippen LogP contribution in [0.4, 0.5) is 4.79 Å². The second-order valence-electron chi connectivity index (χ2n) is 15.3. The van der Waals surface area contributed by atoms with Crippen LogP contribution in [0.15, 0.2) is 5.11 Å². The number of azide groups is 1. The van der Waals surface area contributed by atoms with Crippen LogP contribution in [0, 0.1) is 5.41 Å². The molecule has 0 fully saturated rings. The van der Waals surface area contributed by atoms with Gasteiger partial charge in [-0.3, -0.25) is 4.79 Å². The van der Waals surface area contributed by atoms with E-state index in [0.717, 1.165) is 0 Å². The normalized spacial score (nSPS) is 16.0. The van der Waals surface area contributed by atoms with Crippen molar-refractivity contribution in [3.05, 3.63) is 10.4 Å². The first kappa shape index (κ1) is 37.4. The fraction of sp³-hybridized carbons (Fsp3) is 0.926. The van der Waals surface area contributed by atoms with E-state index in [4.69, 9.17) is 18.3 Å². The third-order valence-corrected chi connectivity index (χ3v) is 16.3. The number of hydrogen-bond donors (Lipinski definition) is 1. The highest BCUT2D eigenvalue weighted by molar-refractivity contribution is 6.74. The van der Waals surface area contributed by atoms with E-state index in [1.54, 1.807) is 41.5 Å². The number of alkyl carbamates (subject to hydrolysis) is 1. The summed E-state index contributed by atoms with van der Waals surface area (Å²) in [7, 11) is -4.88. The summed E-state index contributed by atoms with van der Waals surface area (Å²) in [6.45, 7) is 31.6. The molecule has 0 aromatic carbocycles. The summed E-state index contributed by atoms with van der Waals surface area (Å²) in [5.41, 5.74) is 7.73. The molecule has 0 aromatic rings. The fourth-order valence-electron chi connectivity index (χ4n) is 2.87. The van der Waals surface area contributed by atoms with Crippen LogP contribution in [0.3, 0.4) is 0 Å². The summed E-state index contributed by atoms with van der Waals surface area (Å²) in [4.78, 5) is 28.8. The molecule has 0 aliphatic carbocycles. The third-order valence-electron chi connectivity index (χ3n) is 7.29. The third kappa shape index (κ3) is 12.6. The molecule has 0 heterocycles. The Morgan fingerprint density at radius 1 is 0.846 bits per heavy atom. The van der Waals surface area contributed by atoms with Gasteiger partial charge in [-0.2, -0.15) is 0 Å². The summed E-state index contributed by atoms with van der Waals surface area (Å²) in [6, 6.07) is -0.830. The van der Waals surface area contributed by atoms with Crippen LogP contribution in [0.5, 0.6) is 0 Å². The first-order valence-corrected chi connectivity index (χ1v) is 19.5.